The summed E-state index contributed by atoms with van der Waals surface area (Å²) in [6, 6.07) is 6.98. The first kappa shape index (κ1) is 28.1. The highest BCUT2D eigenvalue weighted by molar-refractivity contribution is 9.12. The zero-order valence-electron chi connectivity index (χ0n) is 21.1. The Labute approximate surface area is 244 Å². The number of carbonyl (C=O) groups excluding carboxylic acids is 2. The van der Waals surface area contributed by atoms with Crippen LogP contribution < -0.4 is 10.6 Å². The number of carboxylic acids is 1. The number of rotatable bonds is 8. The summed E-state index contributed by atoms with van der Waals surface area (Å²) in [7, 11) is 0. The number of aliphatic carboxylic acids is 1. The number of nitrogens with one attached hydrogen (secondary N) is 2. The highest BCUT2D eigenvalue weighted by atomic mass is 79.9. The van der Waals surface area contributed by atoms with Gasteiger partial charge in [0.25, 0.3) is 5.91 Å². The fraction of sp³-hybridized carbons (Fsp3) is 0.429. The summed E-state index contributed by atoms with van der Waals surface area (Å²) in [6.07, 6.45) is 7.84. The Bertz CT molecular complexity index is 1320. The third kappa shape index (κ3) is 5.10. The molecule has 2 atom stereocenters. The molecule has 3 aliphatic rings. The highest BCUT2D eigenvalue weighted by Crippen LogP contribution is 2.54. The first-order chi connectivity index (χ1) is 18.7. The van der Waals surface area contributed by atoms with E-state index in [0.717, 1.165) is 37.7 Å². The smallest absolute Gasteiger partial charge is 0.330 e. The normalized spacial score (nSPS) is 21.8. The number of Topliss-reactive ketones (excluding diaryl/α,β-unsaturated/α-hetero) is 1. The number of ether oxygens (including phenoxy) is 1. The van der Waals surface area contributed by atoms with Crippen LogP contribution in [0.3, 0.4) is 0 Å². The Kier molecular flexibility index (Phi) is 8.06. The number of ketones is 1. The van der Waals surface area contributed by atoms with Crippen LogP contribution in [-0.4, -0.2) is 46.5 Å². The summed E-state index contributed by atoms with van der Waals surface area (Å²) in [6.45, 7) is 0.795. The van der Waals surface area contributed by atoms with Gasteiger partial charge in [-0.1, -0.05) is 54.6 Å². The van der Waals surface area contributed by atoms with Gasteiger partial charge in [-0.3, -0.25) is 14.6 Å². The number of amides is 1. The first-order valence-electron chi connectivity index (χ1n) is 12.9. The summed E-state index contributed by atoms with van der Waals surface area (Å²) in [5, 5.41) is 17.1. The molecular weight excluding hydrogens is 609 g/mol. The molecule has 39 heavy (non-hydrogen) atoms. The number of nitrogens with zero attached hydrogens (tertiary/aromatic N) is 1. The van der Waals surface area contributed by atoms with E-state index in [-0.39, 0.29) is 33.7 Å². The third-order valence-corrected chi connectivity index (χ3v) is 9.50. The number of aromatic nitrogens is 1. The average Bonchev–Trinajstić information content (AvgIpc) is 3.47. The van der Waals surface area contributed by atoms with Crippen molar-refractivity contribution in [3.8, 4) is 0 Å². The number of carbonyl (C=O) groups is 3. The lowest BCUT2D eigenvalue weighted by molar-refractivity contribution is -0.148. The zero-order chi connectivity index (χ0) is 27.8. The zero-order valence-corrected chi connectivity index (χ0v) is 24.2. The molecule has 1 aromatic heterocycles. The lowest BCUT2D eigenvalue weighted by atomic mass is 9.61. The predicted octanol–water partition coefficient (Wildman–Crippen LogP) is 5.77. The molecule has 8 nitrogen and oxygen atoms in total. The quantitative estimate of drug-likeness (QED) is 0.337. The van der Waals surface area contributed by atoms with E-state index in [0.29, 0.717) is 35.5 Å². The Hall–Kier alpha value is -2.46. The van der Waals surface area contributed by atoms with Crippen molar-refractivity contribution in [1.29, 1.82) is 0 Å². The van der Waals surface area contributed by atoms with Crippen LogP contribution in [0, 0.1) is 11.3 Å². The number of halogens is 3. The molecule has 1 saturated carbocycles. The molecule has 2 aliphatic carbocycles. The lowest BCUT2D eigenvalue weighted by Crippen LogP contribution is -2.63. The molecule has 2 fully saturated rings. The van der Waals surface area contributed by atoms with Gasteiger partial charge in [0.15, 0.2) is 5.78 Å². The molecule has 206 valence electrons. The molecule has 2 aromatic rings. The van der Waals surface area contributed by atoms with E-state index in [2.05, 4.69) is 31.5 Å². The van der Waals surface area contributed by atoms with Crippen molar-refractivity contribution < 1.29 is 24.2 Å². The van der Waals surface area contributed by atoms with Crippen molar-refractivity contribution in [3.05, 3.63) is 68.0 Å². The molecule has 3 N–H and O–H groups in total. The van der Waals surface area contributed by atoms with Gasteiger partial charge in [-0.25, -0.2) is 4.79 Å². The fourth-order valence-corrected chi connectivity index (χ4v) is 7.38. The molecule has 5 rings (SSSR count). The topological polar surface area (TPSA) is 118 Å². The van der Waals surface area contributed by atoms with Crippen LogP contribution in [0.1, 0.15) is 54.4 Å². The van der Waals surface area contributed by atoms with Gasteiger partial charge in [-0.05, 0) is 52.9 Å². The van der Waals surface area contributed by atoms with Gasteiger partial charge < -0.3 is 20.5 Å². The van der Waals surface area contributed by atoms with Crippen molar-refractivity contribution in [2.24, 2.45) is 11.3 Å². The fourth-order valence-electron chi connectivity index (χ4n) is 5.98. The number of hydrogen-bond donors (Lipinski definition) is 3. The molecule has 0 radical (unpaired) electrons. The maximum Gasteiger partial charge on any atom is 0.330 e. The molecule has 1 amide bonds. The second kappa shape index (κ2) is 11.2. The number of pyridine rings is 1. The van der Waals surface area contributed by atoms with Crippen LogP contribution in [-0.2, 0) is 20.7 Å². The Morgan fingerprint density at radius 2 is 1.79 bits per heavy atom. The minimum atomic E-state index is -1.38. The maximum atomic E-state index is 13.1. The van der Waals surface area contributed by atoms with E-state index >= 15 is 0 Å². The number of carboxylic acid groups (broad SMARTS) is 1. The molecule has 1 aliphatic heterocycles. The lowest BCUT2D eigenvalue weighted by Gasteiger charge is -2.49. The first-order valence-corrected chi connectivity index (χ1v) is 14.5. The second-order valence-electron chi connectivity index (χ2n) is 10.4. The summed E-state index contributed by atoms with van der Waals surface area (Å²) in [5.41, 5.74) is 0.0753. The molecule has 1 spiro atoms. The van der Waals surface area contributed by atoms with Crippen molar-refractivity contribution in [2.75, 3.05) is 18.5 Å². The van der Waals surface area contributed by atoms with Crippen LogP contribution in [0.5, 0.6) is 0 Å². The van der Waals surface area contributed by atoms with Crippen LogP contribution in [0.2, 0.25) is 10.0 Å². The van der Waals surface area contributed by atoms with E-state index in [4.69, 9.17) is 27.9 Å². The molecule has 2 heterocycles. The molecule has 1 aromatic carbocycles. The van der Waals surface area contributed by atoms with E-state index in [1.165, 1.54) is 12.4 Å². The summed E-state index contributed by atoms with van der Waals surface area (Å²) >= 11 is 15.6. The van der Waals surface area contributed by atoms with Gasteiger partial charge in [0, 0.05) is 42.7 Å². The second-order valence-corrected chi connectivity index (χ2v) is 12.0. The predicted molar refractivity (Wildman–Crippen MR) is 151 cm³/mol. The van der Waals surface area contributed by atoms with E-state index in [1.54, 1.807) is 24.3 Å². The molecule has 11 heteroatoms. The van der Waals surface area contributed by atoms with Gasteiger partial charge in [0.1, 0.15) is 5.54 Å². The van der Waals surface area contributed by atoms with E-state index in [9.17, 15) is 19.5 Å². The SMILES string of the molecule is O=C(Nc1ccc(C[C@@](NC2=C(Br)C(=O)C23CCCCC3)(C(=O)O)C2CCOC2)cc1)c1c(Cl)cncc1Cl. The van der Waals surface area contributed by atoms with Crippen LogP contribution >= 0.6 is 39.1 Å². The highest BCUT2D eigenvalue weighted by Gasteiger charge is 2.57. The van der Waals surface area contributed by atoms with Gasteiger partial charge in [-0.15, -0.1) is 0 Å². The number of hydrogen-bond acceptors (Lipinski definition) is 6. The molecule has 1 unspecified atom stereocenters. The Morgan fingerprint density at radius 1 is 1.13 bits per heavy atom. The van der Waals surface area contributed by atoms with Crippen molar-refractivity contribution in [1.82, 2.24) is 10.3 Å². The van der Waals surface area contributed by atoms with Gasteiger partial charge >= 0.3 is 5.97 Å². The van der Waals surface area contributed by atoms with Gasteiger partial charge in [0.2, 0.25) is 0 Å². The Balaban J connectivity index is 1.41. The van der Waals surface area contributed by atoms with Gasteiger partial charge in [-0.2, -0.15) is 0 Å². The van der Waals surface area contributed by atoms with Crippen LogP contribution in [0.4, 0.5) is 5.69 Å². The molecule has 0 bridgehead atoms. The molecular formula is C28H28BrCl2N3O5. The minimum absolute atomic E-state index is 0.0566. The third-order valence-electron chi connectivity index (χ3n) is 8.17. The maximum absolute atomic E-state index is 13.1. The van der Waals surface area contributed by atoms with Gasteiger partial charge in [0.05, 0.1) is 32.1 Å². The van der Waals surface area contributed by atoms with E-state index < -0.39 is 22.8 Å². The van der Waals surface area contributed by atoms with Crippen molar-refractivity contribution >= 4 is 62.5 Å². The number of allylic oxidation sites excluding steroid dienone is 2. The minimum Gasteiger partial charge on any atom is -0.479 e. The van der Waals surface area contributed by atoms with Crippen molar-refractivity contribution in [2.45, 2.75) is 50.5 Å². The average molecular weight is 637 g/mol. The van der Waals surface area contributed by atoms with Crippen LogP contribution in [0.25, 0.3) is 0 Å². The Morgan fingerprint density at radius 3 is 2.38 bits per heavy atom. The monoisotopic (exact) mass is 635 g/mol. The summed E-state index contributed by atoms with van der Waals surface area (Å²) in [5.74, 6) is -1.71. The van der Waals surface area contributed by atoms with Crippen molar-refractivity contribution in [3.63, 3.8) is 0 Å². The number of benzene rings is 1. The molecule has 1 saturated heterocycles. The largest absolute Gasteiger partial charge is 0.479 e. The standard InChI is InChI=1S/C28H28BrCl2N3O5/c29-22-23(27(24(22)35)9-2-1-3-10-27)34-28(26(37)38,17-8-11-39-15-17)12-16-4-6-18(7-5-16)33-25(36)21-19(30)13-32-14-20(21)31/h4-7,13-14,17,34H,1-3,8-12,15H2,(H,33,36)(H,37,38)/t17?,28-/m0/s1. The van der Waals surface area contributed by atoms with Crippen LogP contribution in [0.15, 0.2) is 46.8 Å². The summed E-state index contributed by atoms with van der Waals surface area (Å²) in [4.78, 5) is 42.6. The van der Waals surface area contributed by atoms with E-state index in [1.807, 2.05) is 0 Å². The summed E-state index contributed by atoms with van der Waals surface area (Å²) < 4.78 is 6.07. The number of anilines is 1.